The molecule has 80 valence electrons. The van der Waals surface area contributed by atoms with Gasteiger partial charge in [-0.1, -0.05) is 18.2 Å². The lowest BCUT2D eigenvalue weighted by atomic mass is 10.2. The zero-order chi connectivity index (χ0) is 9.97. The maximum atomic E-state index is 5.25. The van der Waals surface area contributed by atoms with Gasteiger partial charge in [0.05, 0.1) is 6.54 Å². The molecule has 5 N–H and O–H groups in total. The van der Waals surface area contributed by atoms with Crippen molar-refractivity contribution in [2.45, 2.75) is 6.54 Å². The van der Waals surface area contributed by atoms with Gasteiger partial charge in [0.25, 0.3) is 0 Å². The number of hydrogen-bond acceptors (Lipinski definition) is 1. The van der Waals surface area contributed by atoms with E-state index in [1.165, 1.54) is 5.39 Å². The first-order valence-electron chi connectivity index (χ1n) is 4.38. The van der Waals surface area contributed by atoms with E-state index < -0.39 is 0 Å². The van der Waals surface area contributed by atoms with E-state index in [-0.39, 0.29) is 22.9 Å². The van der Waals surface area contributed by atoms with Gasteiger partial charge < -0.3 is 16.5 Å². The van der Waals surface area contributed by atoms with Crippen molar-refractivity contribution in [3.63, 3.8) is 0 Å². The van der Waals surface area contributed by atoms with Gasteiger partial charge in [0.15, 0.2) is 5.96 Å². The van der Waals surface area contributed by atoms with Crippen LogP contribution in [0.3, 0.4) is 0 Å². The van der Waals surface area contributed by atoms with Crippen molar-refractivity contribution in [2.24, 2.45) is 16.5 Å². The Labute approximate surface area is 98.1 Å². The minimum Gasteiger partial charge on any atom is -0.370 e. The fourth-order valence-electron chi connectivity index (χ4n) is 1.40. The van der Waals surface area contributed by atoms with Crippen molar-refractivity contribution in [1.29, 1.82) is 0 Å². The number of rotatable bonds is 2. The van der Waals surface area contributed by atoms with Crippen LogP contribution in [0.25, 0.3) is 10.9 Å². The molecule has 2 rings (SSSR count). The Balaban J connectivity index is 0.00000112. The van der Waals surface area contributed by atoms with Gasteiger partial charge in [-0.25, -0.2) is 4.99 Å². The molecular formula is C10H13BrN4. The van der Waals surface area contributed by atoms with Gasteiger partial charge in [-0.2, -0.15) is 0 Å². The fourth-order valence-corrected chi connectivity index (χ4v) is 1.40. The first-order chi connectivity index (χ1) is 6.75. The maximum Gasteiger partial charge on any atom is 0.186 e. The molecule has 0 aliphatic carbocycles. The number of para-hydroxylation sites is 1. The normalized spacial score (nSPS) is 9.60. The molecule has 0 spiro atoms. The average molecular weight is 269 g/mol. The first kappa shape index (κ1) is 11.6. The molecule has 15 heavy (non-hydrogen) atoms. The Morgan fingerprint density at radius 2 is 2.00 bits per heavy atom. The number of hydrogen-bond donors (Lipinski definition) is 3. The monoisotopic (exact) mass is 268 g/mol. The van der Waals surface area contributed by atoms with Crippen LogP contribution in [0.1, 0.15) is 5.69 Å². The van der Waals surface area contributed by atoms with Crippen LogP contribution in [0.2, 0.25) is 0 Å². The lowest BCUT2D eigenvalue weighted by Crippen LogP contribution is -2.22. The van der Waals surface area contributed by atoms with E-state index in [2.05, 4.69) is 9.98 Å². The van der Waals surface area contributed by atoms with E-state index in [9.17, 15) is 0 Å². The summed E-state index contributed by atoms with van der Waals surface area (Å²) in [5, 5.41) is 1.17. The van der Waals surface area contributed by atoms with E-state index in [1.807, 2.05) is 30.3 Å². The van der Waals surface area contributed by atoms with E-state index in [4.69, 9.17) is 11.5 Å². The van der Waals surface area contributed by atoms with Crippen LogP contribution in [0.4, 0.5) is 0 Å². The van der Waals surface area contributed by atoms with Crippen molar-refractivity contribution in [3.8, 4) is 0 Å². The summed E-state index contributed by atoms with van der Waals surface area (Å²) in [6.45, 7) is 0.497. The molecule has 1 aromatic heterocycles. The number of aromatic nitrogens is 1. The second-order valence-electron chi connectivity index (χ2n) is 3.12. The number of nitrogens with zero attached hydrogens (tertiary/aromatic N) is 1. The Bertz CT molecular complexity index is 438. The van der Waals surface area contributed by atoms with Crippen LogP contribution in [0, 0.1) is 0 Å². The first-order valence-corrected chi connectivity index (χ1v) is 4.38. The highest BCUT2D eigenvalue weighted by Gasteiger charge is 1.98. The number of fused-ring (bicyclic) bond motifs is 1. The minimum atomic E-state index is 0. The molecule has 5 heteroatoms. The molecule has 0 saturated carbocycles. The van der Waals surface area contributed by atoms with Crippen LogP contribution >= 0.6 is 17.0 Å². The largest absolute Gasteiger partial charge is 0.370 e. The third kappa shape index (κ3) is 2.73. The minimum absolute atomic E-state index is 0. The number of nitrogens with two attached hydrogens (primary N) is 2. The zero-order valence-corrected chi connectivity index (χ0v) is 9.82. The van der Waals surface area contributed by atoms with Crippen molar-refractivity contribution in [3.05, 3.63) is 36.0 Å². The summed E-state index contributed by atoms with van der Waals surface area (Å²) >= 11 is 0. The van der Waals surface area contributed by atoms with Crippen molar-refractivity contribution >= 4 is 33.8 Å². The molecule has 0 fully saturated rings. The summed E-state index contributed by atoms with van der Waals surface area (Å²) in [5.74, 6) is 0.114. The molecule has 0 radical (unpaired) electrons. The van der Waals surface area contributed by atoms with Gasteiger partial charge >= 0.3 is 0 Å². The number of guanidine groups is 1. The van der Waals surface area contributed by atoms with Crippen LogP contribution < -0.4 is 11.5 Å². The van der Waals surface area contributed by atoms with Gasteiger partial charge in [-0.3, -0.25) is 0 Å². The number of aliphatic imine (C=N–C) groups is 1. The SMILES string of the molecule is Br.NC(N)=NCc1cc2ccccc2[nH]1. The number of H-pyrrole nitrogens is 1. The molecule has 0 saturated heterocycles. The lowest BCUT2D eigenvalue weighted by Gasteiger charge is -1.91. The smallest absolute Gasteiger partial charge is 0.186 e. The van der Waals surface area contributed by atoms with Crippen LogP contribution in [0.5, 0.6) is 0 Å². The number of nitrogens with one attached hydrogen (secondary N) is 1. The van der Waals surface area contributed by atoms with Crippen molar-refractivity contribution < 1.29 is 0 Å². The summed E-state index contributed by atoms with van der Waals surface area (Å²) in [4.78, 5) is 7.16. The quantitative estimate of drug-likeness (QED) is 0.570. The molecule has 0 unspecified atom stereocenters. The Morgan fingerprint density at radius 3 is 2.67 bits per heavy atom. The van der Waals surface area contributed by atoms with E-state index in [0.29, 0.717) is 6.54 Å². The standard InChI is InChI=1S/C10H12N4.BrH/c11-10(12)13-6-8-5-7-3-1-2-4-9(7)14-8;/h1-5,14H,6H2,(H4,11,12,13);1H. The highest BCUT2D eigenvalue weighted by molar-refractivity contribution is 8.93. The van der Waals surface area contributed by atoms with E-state index in [1.54, 1.807) is 0 Å². The van der Waals surface area contributed by atoms with Crippen molar-refractivity contribution in [2.75, 3.05) is 0 Å². The second-order valence-corrected chi connectivity index (χ2v) is 3.12. The molecule has 0 atom stereocenters. The third-order valence-corrected chi connectivity index (χ3v) is 2.02. The van der Waals surface area contributed by atoms with Gasteiger partial charge in [-0.15, -0.1) is 17.0 Å². The molecule has 0 amide bonds. The number of benzene rings is 1. The van der Waals surface area contributed by atoms with Crippen LogP contribution in [0.15, 0.2) is 35.3 Å². The summed E-state index contributed by atoms with van der Waals surface area (Å²) in [5.41, 5.74) is 12.6. The Kier molecular flexibility index (Phi) is 3.74. The summed E-state index contributed by atoms with van der Waals surface area (Å²) < 4.78 is 0. The second kappa shape index (κ2) is 4.84. The van der Waals surface area contributed by atoms with Gasteiger partial charge in [0.1, 0.15) is 0 Å². The fraction of sp³-hybridized carbons (Fsp3) is 0.100. The van der Waals surface area contributed by atoms with E-state index in [0.717, 1.165) is 11.2 Å². The predicted octanol–water partition coefficient (Wildman–Crippen LogP) is 1.52. The summed E-state index contributed by atoms with van der Waals surface area (Å²) in [6.07, 6.45) is 0. The predicted molar refractivity (Wildman–Crippen MR) is 68.1 cm³/mol. The lowest BCUT2D eigenvalue weighted by molar-refractivity contribution is 1.01. The molecule has 4 nitrogen and oxygen atoms in total. The molecule has 1 aromatic carbocycles. The summed E-state index contributed by atoms with van der Waals surface area (Å²) in [7, 11) is 0. The highest BCUT2D eigenvalue weighted by Crippen LogP contribution is 2.14. The molecule has 0 aliphatic heterocycles. The van der Waals surface area contributed by atoms with Crippen LogP contribution in [-0.4, -0.2) is 10.9 Å². The summed E-state index contributed by atoms with van der Waals surface area (Å²) in [6, 6.07) is 10.1. The van der Waals surface area contributed by atoms with E-state index >= 15 is 0 Å². The number of halogens is 1. The molecular weight excluding hydrogens is 256 g/mol. The molecule has 0 aliphatic rings. The van der Waals surface area contributed by atoms with Crippen LogP contribution in [-0.2, 0) is 6.54 Å². The van der Waals surface area contributed by atoms with Crippen molar-refractivity contribution in [1.82, 2.24) is 4.98 Å². The zero-order valence-electron chi connectivity index (χ0n) is 8.10. The molecule has 2 aromatic rings. The molecule has 0 bridgehead atoms. The molecule has 1 heterocycles. The third-order valence-electron chi connectivity index (χ3n) is 2.02. The topological polar surface area (TPSA) is 80.2 Å². The Hall–Kier alpha value is -1.49. The maximum absolute atomic E-state index is 5.25. The number of aromatic amines is 1. The van der Waals surface area contributed by atoms with Gasteiger partial charge in [-0.05, 0) is 17.5 Å². The Morgan fingerprint density at radius 1 is 1.27 bits per heavy atom. The highest BCUT2D eigenvalue weighted by atomic mass is 79.9. The van der Waals surface area contributed by atoms with Gasteiger partial charge in [0.2, 0.25) is 0 Å². The van der Waals surface area contributed by atoms with Gasteiger partial charge in [0, 0.05) is 11.2 Å². The average Bonchev–Trinajstić information content (AvgIpc) is 2.57.